The number of carbonyl (C=O) groups excluding carboxylic acids is 2. The van der Waals surface area contributed by atoms with E-state index in [0.29, 0.717) is 16.2 Å². The number of nitrogens with one attached hydrogen (secondary N) is 1. The van der Waals surface area contributed by atoms with Crippen LogP contribution in [0.4, 0.5) is 0 Å². The number of hydrogen-bond donors (Lipinski definition) is 1. The van der Waals surface area contributed by atoms with E-state index in [1.54, 1.807) is 25.1 Å². The second kappa shape index (κ2) is 10.4. The minimum absolute atomic E-state index is 0.260. The van der Waals surface area contributed by atoms with E-state index in [2.05, 4.69) is 10.5 Å². The fraction of sp³-hybridized carbons (Fsp3) is 0.125. The van der Waals surface area contributed by atoms with Gasteiger partial charge in [0.05, 0.1) is 23.6 Å². The van der Waals surface area contributed by atoms with Crippen LogP contribution < -0.4 is 5.43 Å². The molecule has 0 aromatic heterocycles. The molecule has 3 rings (SSSR count). The van der Waals surface area contributed by atoms with Crippen molar-refractivity contribution in [2.45, 2.75) is 17.1 Å². The molecule has 1 N–H and O–H groups in total. The van der Waals surface area contributed by atoms with Crippen molar-refractivity contribution in [2.75, 3.05) is 7.11 Å². The van der Waals surface area contributed by atoms with Gasteiger partial charge >= 0.3 is 5.97 Å². The zero-order valence-corrected chi connectivity index (χ0v) is 17.6. The molecule has 0 fully saturated rings. The van der Waals surface area contributed by atoms with Gasteiger partial charge in [-0.05, 0) is 19.1 Å². The Hall–Kier alpha value is -3.38. The van der Waals surface area contributed by atoms with Gasteiger partial charge in [0, 0.05) is 16.0 Å². The first-order chi connectivity index (χ1) is 14.6. The highest BCUT2D eigenvalue weighted by molar-refractivity contribution is 8.00. The van der Waals surface area contributed by atoms with Crippen LogP contribution in [-0.2, 0) is 9.53 Å². The molecule has 3 aromatic rings. The minimum atomic E-state index is -0.465. The lowest BCUT2D eigenvalue weighted by Gasteiger charge is -2.13. The number of carbonyl (C=O) groups is 2. The van der Waals surface area contributed by atoms with Crippen molar-refractivity contribution in [1.29, 1.82) is 0 Å². The smallest absolute Gasteiger partial charge is 0.338 e. The predicted molar refractivity (Wildman–Crippen MR) is 120 cm³/mol. The highest BCUT2D eigenvalue weighted by atomic mass is 32.2. The molecular weight excluding hydrogens is 396 g/mol. The summed E-state index contributed by atoms with van der Waals surface area (Å²) < 4.78 is 4.82. The number of rotatable bonds is 7. The van der Waals surface area contributed by atoms with Gasteiger partial charge in [0.1, 0.15) is 0 Å². The first-order valence-electron chi connectivity index (χ1n) is 9.42. The largest absolute Gasteiger partial charge is 0.465 e. The Morgan fingerprint density at radius 1 is 0.867 bits per heavy atom. The molecule has 1 unspecified atom stereocenters. The molecule has 0 saturated carbocycles. The van der Waals surface area contributed by atoms with E-state index < -0.39 is 11.2 Å². The first kappa shape index (κ1) is 21.3. The van der Waals surface area contributed by atoms with Gasteiger partial charge < -0.3 is 4.74 Å². The van der Waals surface area contributed by atoms with Gasteiger partial charge in [-0.25, -0.2) is 10.2 Å². The summed E-state index contributed by atoms with van der Waals surface area (Å²) in [7, 11) is 1.34. The molecule has 0 saturated heterocycles. The highest BCUT2D eigenvalue weighted by Crippen LogP contribution is 2.27. The standard InChI is InChI=1S/C24H22N2O3S/c1-17(30-21-16-10-9-15-20(21)24(28)29-2)23(27)26-25-22(18-11-5-3-6-12-18)19-13-7-4-8-14-19/h3-17H,1-2H3,(H,26,27). The molecule has 1 amide bonds. The molecule has 152 valence electrons. The van der Waals surface area contributed by atoms with Gasteiger partial charge in [0.25, 0.3) is 5.91 Å². The maximum atomic E-state index is 12.7. The molecule has 6 heteroatoms. The van der Waals surface area contributed by atoms with E-state index in [1.807, 2.05) is 66.7 Å². The molecule has 30 heavy (non-hydrogen) atoms. The number of amides is 1. The Bertz CT molecular complexity index is 995. The van der Waals surface area contributed by atoms with Crippen LogP contribution in [0.25, 0.3) is 0 Å². The van der Waals surface area contributed by atoms with Crippen LogP contribution in [0.2, 0.25) is 0 Å². The molecular formula is C24H22N2O3S. The van der Waals surface area contributed by atoms with Crippen LogP contribution >= 0.6 is 11.8 Å². The summed E-state index contributed by atoms with van der Waals surface area (Å²) in [6, 6.07) is 26.4. The summed E-state index contributed by atoms with van der Waals surface area (Å²) in [5.41, 5.74) is 5.59. The van der Waals surface area contributed by atoms with E-state index in [9.17, 15) is 9.59 Å². The number of nitrogens with zero attached hydrogens (tertiary/aromatic N) is 1. The third kappa shape index (κ3) is 5.36. The molecule has 1 atom stereocenters. The SMILES string of the molecule is COC(=O)c1ccccc1SC(C)C(=O)NN=C(c1ccccc1)c1ccccc1. The van der Waals surface area contributed by atoms with Crippen molar-refractivity contribution in [3.63, 3.8) is 0 Å². The monoisotopic (exact) mass is 418 g/mol. The number of methoxy groups -OCH3 is 1. The van der Waals surface area contributed by atoms with Gasteiger partial charge in [-0.15, -0.1) is 11.8 Å². The molecule has 0 spiro atoms. The zero-order chi connectivity index (χ0) is 21.3. The van der Waals surface area contributed by atoms with Gasteiger partial charge in [0.2, 0.25) is 0 Å². The lowest BCUT2D eigenvalue weighted by atomic mass is 10.0. The van der Waals surface area contributed by atoms with Gasteiger partial charge in [-0.1, -0.05) is 72.8 Å². The third-order valence-electron chi connectivity index (χ3n) is 4.34. The average molecular weight is 419 g/mol. The van der Waals surface area contributed by atoms with Gasteiger partial charge in [-0.2, -0.15) is 5.10 Å². The van der Waals surface area contributed by atoms with E-state index in [0.717, 1.165) is 11.1 Å². The number of hydrazone groups is 1. The van der Waals surface area contributed by atoms with Gasteiger partial charge in [0.15, 0.2) is 0 Å². The van der Waals surface area contributed by atoms with Crippen LogP contribution in [0.5, 0.6) is 0 Å². The highest BCUT2D eigenvalue weighted by Gasteiger charge is 2.19. The molecule has 0 bridgehead atoms. The maximum Gasteiger partial charge on any atom is 0.338 e. The van der Waals surface area contributed by atoms with Crippen LogP contribution in [-0.4, -0.2) is 29.9 Å². The molecule has 0 aliphatic carbocycles. The number of thioether (sulfide) groups is 1. The predicted octanol–water partition coefficient (Wildman–Crippen LogP) is 4.52. The Morgan fingerprint density at radius 2 is 1.40 bits per heavy atom. The lowest BCUT2D eigenvalue weighted by Crippen LogP contribution is -2.28. The quantitative estimate of drug-likeness (QED) is 0.265. The molecule has 3 aromatic carbocycles. The lowest BCUT2D eigenvalue weighted by molar-refractivity contribution is -0.120. The summed E-state index contributed by atoms with van der Waals surface area (Å²) >= 11 is 1.28. The molecule has 0 heterocycles. The second-order valence-electron chi connectivity index (χ2n) is 6.42. The fourth-order valence-electron chi connectivity index (χ4n) is 2.78. The molecule has 0 aliphatic rings. The Kier molecular flexibility index (Phi) is 7.40. The zero-order valence-electron chi connectivity index (χ0n) is 16.7. The molecule has 5 nitrogen and oxygen atoms in total. The van der Waals surface area contributed by atoms with Crippen molar-refractivity contribution in [3.8, 4) is 0 Å². The summed E-state index contributed by atoms with van der Waals surface area (Å²) in [6.45, 7) is 1.77. The summed E-state index contributed by atoms with van der Waals surface area (Å²) in [4.78, 5) is 25.3. The topological polar surface area (TPSA) is 67.8 Å². The molecule has 0 aliphatic heterocycles. The average Bonchev–Trinajstić information content (AvgIpc) is 2.80. The third-order valence-corrected chi connectivity index (χ3v) is 5.52. The van der Waals surface area contributed by atoms with Crippen molar-refractivity contribution in [3.05, 3.63) is 102 Å². The number of esters is 1. The van der Waals surface area contributed by atoms with Crippen molar-refractivity contribution >= 4 is 29.4 Å². The number of benzene rings is 3. The van der Waals surface area contributed by atoms with Crippen LogP contribution in [0, 0.1) is 0 Å². The van der Waals surface area contributed by atoms with E-state index >= 15 is 0 Å². The Labute approximate surface area is 180 Å². The fourth-order valence-corrected chi connectivity index (χ4v) is 3.76. The van der Waals surface area contributed by atoms with E-state index in [-0.39, 0.29) is 5.91 Å². The first-order valence-corrected chi connectivity index (χ1v) is 10.3. The van der Waals surface area contributed by atoms with Gasteiger partial charge in [-0.3, -0.25) is 4.79 Å². The Morgan fingerprint density at radius 3 is 1.97 bits per heavy atom. The van der Waals surface area contributed by atoms with E-state index in [4.69, 9.17) is 4.74 Å². The maximum absolute atomic E-state index is 12.7. The van der Waals surface area contributed by atoms with Crippen molar-refractivity contribution < 1.29 is 14.3 Å². The number of hydrogen-bond acceptors (Lipinski definition) is 5. The van der Waals surface area contributed by atoms with Crippen LogP contribution in [0.15, 0.2) is 94.9 Å². The summed E-state index contributed by atoms with van der Waals surface area (Å²) in [6.07, 6.45) is 0. The van der Waals surface area contributed by atoms with Crippen molar-refractivity contribution in [1.82, 2.24) is 5.43 Å². The van der Waals surface area contributed by atoms with Crippen LogP contribution in [0.3, 0.4) is 0 Å². The Balaban J connectivity index is 1.78. The summed E-state index contributed by atoms with van der Waals surface area (Å²) in [5, 5.41) is 3.95. The minimum Gasteiger partial charge on any atom is -0.465 e. The molecule has 0 radical (unpaired) electrons. The van der Waals surface area contributed by atoms with Crippen LogP contribution in [0.1, 0.15) is 28.4 Å². The summed E-state index contributed by atoms with van der Waals surface area (Å²) in [5.74, 6) is -0.691. The second-order valence-corrected chi connectivity index (χ2v) is 7.80. The normalized spacial score (nSPS) is 11.3. The number of ether oxygens (including phenoxy) is 1. The van der Waals surface area contributed by atoms with E-state index in [1.165, 1.54) is 18.9 Å². The van der Waals surface area contributed by atoms with Crippen molar-refractivity contribution in [2.24, 2.45) is 5.10 Å².